The number of fused-ring (bicyclic) bond motifs is 3. The van der Waals surface area contributed by atoms with Gasteiger partial charge in [-0.05, 0) is 80.0 Å². The number of carbonyl (C=O) groups excluding carboxylic acids is 2. The Morgan fingerprint density at radius 1 is 0.950 bits per heavy atom. The molecule has 1 aliphatic carbocycles. The molecule has 1 heterocycles. The van der Waals surface area contributed by atoms with Crippen LogP contribution in [0.1, 0.15) is 67.6 Å². The number of halogens is 1. The van der Waals surface area contributed by atoms with Crippen LogP contribution < -0.4 is 5.32 Å². The second kappa shape index (κ2) is 10.7. The van der Waals surface area contributed by atoms with Crippen LogP contribution in [-0.4, -0.2) is 43.3 Å². The third-order valence-electron chi connectivity index (χ3n) is 8.07. The Bertz CT molecular complexity index is 1440. The van der Waals surface area contributed by atoms with Crippen molar-refractivity contribution in [2.24, 2.45) is 0 Å². The van der Waals surface area contributed by atoms with E-state index in [1.165, 1.54) is 25.1 Å². The van der Waals surface area contributed by atoms with Crippen LogP contribution in [0, 0.1) is 5.82 Å². The number of Topliss-reactive ketones (excluding diaryl/α,β-unsaturated/α-hetero) is 1. The van der Waals surface area contributed by atoms with Gasteiger partial charge < -0.3 is 19.4 Å². The van der Waals surface area contributed by atoms with Crippen molar-refractivity contribution in [1.82, 2.24) is 5.32 Å². The second-order valence-electron chi connectivity index (χ2n) is 11.3. The number of amides is 1. The van der Waals surface area contributed by atoms with E-state index in [9.17, 15) is 14.0 Å². The number of rotatable bonds is 7. The lowest BCUT2D eigenvalue weighted by Crippen LogP contribution is -2.41. The standard InChI is InChI=1S/C32H33BFNO5/c1-20(36)28-17-23(34)15-14-21(28)16-22(33-39-31(2,3)32(4,5)40-33)18-35-30(37)38-19-29-26-12-8-6-10-24(26)25-11-7-9-13-27(25)29/h6-17,29H,18-19H2,1-5H3,(H,35,37). The molecule has 0 saturated carbocycles. The third-order valence-corrected chi connectivity index (χ3v) is 8.07. The molecule has 40 heavy (non-hydrogen) atoms. The Labute approximate surface area is 234 Å². The zero-order valence-corrected chi connectivity index (χ0v) is 23.4. The summed E-state index contributed by atoms with van der Waals surface area (Å²) in [4.78, 5) is 25.2. The molecule has 1 aliphatic heterocycles. The maximum Gasteiger partial charge on any atom is 0.492 e. The van der Waals surface area contributed by atoms with E-state index in [4.69, 9.17) is 14.0 Å². The van der Waals surface area contributed by atoms with Crippen LogP contribution in [0.5, 0.6) is 0 Å². The van der Waals surface area contributed by atoms with E-state index in [1.807, 2.05) is 52.0 Å². The van der Waals surface area contributed by atoms with Crippen molar-refractivity contribution in [3.63, 3.8) is 0 Å². The summed E-state index contributed by atoms with van der Waals surface area (Å²) in [7, 11) is -0.788. The van der Waals surface area contributed by atoms with Gasteiger partial charge in [0.15, 0.2) is 5.78 Å². The Hall–Kier alpha value is -3.75. The molecule has 3 aromatic rings. The van der Waals surface area contributed by atoms with Crippen LogP contribution in [0.3, 0.4) is 0 Å². The van der Waals surface area contributed by atoms with Gasteiger partial charge in [0.25, 0.3) is 0 Å². The van der Waals surface area contributed by atoms with Crippen molar-refractivity contribution in [1.29, 1.82) is 0 Å². The second-order valence-corrected chi connectivity index (χ2v) is 11.3. The minimum Gasteiger partial charge on any atom is -0.449 e. The first kappa shape index (κ1) is 27.8. The van der Waals surface area contributed by atoms with Crippen molar-refractivity contribution < 1.29 is 28.0 Å². The number of ether oxygens (including phenoxy) is 1. The van der Waals surface area contributed by atoms with E-state index in [1.54, 1.807) is 6.08 Å². The largest absolute Gasteiger partial charge is 0.492 e. The molecule has 5 rings (SSSR count). The molecular formula is C32H33BFNO5. The van der Waals surface area contributed by atoms with Gasteiger partial charge in [-0.2, -0.15) is 0 Å². The van der Waals surface area contributed by atoms with E-state index in [0.29, 0.717) is 11.0 Å². The normalized spacial score (nSPS) is 17.4. The Balaban J connectivity index is 1.34. The van der Waals surface area contributed by atoms with Crippen LogP contribution in [0.4, 0.5) is 9.18 Å². The molecule has 8 heteroatoms. The van der Waals surface area contributed by atoms with Crippen LogP contribution in [-0.2, 0) is 14.0 Å². The van der Waals surface area contributed by atoms with E-state index >= 15 is 0 Å². The number of hydrogen-bond acceptors (Lipinski definition) is 5. The number of hydrogen-bond donors (Lipinski definition) is 1. The minimum absolute atomic E-state index is 0.0439. The molecule has 206 valence electrons. The van der Waals surface area contributed by atoms with Crippen LogP contribution >= 0.6 is 0 Å². The first-order chi connectivity index (χ1) is 19.0. The van der Waals surface area contributed by atoms with Gasteiger partial charge in [0.2, 0.25) is 0 Å². The maximum absolute atomic E-state index is 13.9. The van der Waals surface area contributed by atoms with E-state index < -0.39 is 30.2 Å². The highest BCUT2D eigenvalue weighted by Gasteiger charge is 2.52. The zero-order chi connectivity index (χ0) is 28.7. The summed E-state index contributed by atoms with van der Waals surface area (Å²) in [5.41, 5.74) is 4.63. The lowest BCUT2D eigenvalue weighted by atomic mass is 9.76. The van der Waals surface area contributed by atoms with Gasteiger partial charge >= 0.3 is 13.2 Å². The Morgan fingerprint density at radius 2 is 1.52 bits per heavy atom. The van der Waals surface area contributed by atoms with E-state index in [-0.39, 0.29) is 30.4 Å². The van der Waals surface area contributed by atoms with Gasteiger partial charge in [-0.25, -0.2) is 9.18 Å². The molecule has 0 bridgehead atoms. The summed E-state index contributed by atoms with van der Waals surface area (Å²) < 4.78 is 32.1. The molecule has 0 aromatic heterocycles. The number of benzene rings is 3. The van der Waals surface area contributed by atoms with Gasteiger partial charge in [-0.1, -0.05) is 60.7 Å². The molecule has 0 unspecified atom stereocenters. The Kier molecular flexibility index (Phi) is 7.42. The molecule has 0 radical (unpaired) electrons. The molecule has 0 spiro atoms. The summed E-state index contributed by atoms with van der Waals surface area (Å²) in [5.74, 6) is -0.839. The SMILES string of the molecule is CC(=O)c1cc(F)ccc1C=C(CNC(=O)OCC1c2ccccc2-c2ccccc21)B1OC(C)(C)C(C)(C)O1. The molecular weight excluding hydrogens is 508 g/mol. The number of ketones is 1. The van der Waals surface area contributed by atoms with E-state index in [2.05, 4.69) is 29.6 Å². The molecule has 3 aromatic carbocycles. The summed E-state index contributed by atoms with van der Waals surface area (Å²) in [6.07, 6.45) is 1.12. The first-order valence-electron chi connectivity index (χ1n) is 13.4. The van der Waals surface area contributed by atoms with Gasteiger partial charge in [-0.3, -0.25) is 4.79 Å². The fourth-order valence-electron chi connectivity index (χ4n) is 5.18. The number of alkyl carbamates (subject to hydrolysis) is 1. The average molecular weight is 541 g/mol. The monoisotopic (exact) mass is 541 g/mol. The molecule has 1 amide bonds. The predicted octanol–water partition coefficient (Wildman–Crippen LogP) is 6.58. The van der Waals surface area contributed by atoms with Crippen LogP contribution in [0.15, 0.2) is 72.2 Å². The summed E-state index contributed by atoms with van der Waals surface area (Å²) in [6.45, 7) is 9.34. The molecule has 6 nitrogen and oxygen atoms in total. The highest BCUT2D eigenvalue weighted by molar-refractivity contribution is 6.56. The number of nitrogens with one attached hydrogen (secondary N) is 1. The predicted molar refractivity (Wildman–Crippen MR) is 154 cm³/mol. The lowest BCUT2D eigenvalue weighted by molar-refractivity contribution is 0.00578. The maximum atomic E-state index is 13.9. The number of carbonyl (C=O) groups is 2. The van der Waals surface area contributed by atoms with Crippen LogP contribution in [0.25, 0.3) is 17.2 Å². The highest BCUT2D eigenvalue weighted by atomic mass is 19.1. The molecule has 2 aliphatic rings. The fourth-order valence-corrected chi connectivity index (χ4v) is 5.18. The summed E-state index contributed by atoms with van der Waals surface area (Å²) in [5, 5.41) is 2.82. The van der Waals surface area contributed by atoms with Crippen LogP contribution in [0.2, 0.25) is 0 Å². The fraction of sp³-hybridized carbons (Fsp3) is 0.312. The molecule has 1 N–H and O–H groups in total. The van der Waals surface area contributed by atoms with Gasteiger partial charge in [0.05, 0.1) is 11.2 Å². The third kappa shape index (κ3) is 5.34. The van der Waals surface area contributed by atoms with Crippen molar-refractivity contribution >= 4 is 25.1 Å². The molecule has 0 atom stereocenters. The smallest absolute Gasteiger partial charge is 0.449 e. The zero-order valence-electron chi connectivity index (χ0n) is 23.4. The van der Waals surface area contributed by atoms with Crippen molar-refractivity contribution in [3.05, 3.63) is 100 Å². The van der Waals surface area contributed by atoms with Crippen molar-refractivity contribution in [2.45, 2.75) is 51.7 Å². The van der Waals surface area contributed by atoms with Gasteiger partial charge in [0, 0.05) is 18.0 Å². The van der Waals surface area contributed by atoms with Gasteiger partial charge in [0.1, 0.15) is 12.4 Å². The van der Waals surface area contributed by atoms with E-state index in [0.717, 1.165) is 22.3 Å². The summed E-state index contributed by atoms with van der Waals surface area (Å²) in [6, 6.07) is 20.3. The minimum atomic E-state index is -0.788. The first-order valence-corrected chi connectivity index (χ1v) is 13.4. The van der Waals surface area contributed by atoms with Crippen molar-refractivity contribution in [3.8, 4) is 11.1 Å². The average Bonchev–Trinajstić information content (AvgIpc) is 3.34. The van der Waals surface area contributed by atoms with Crippen molar-refractivity contribution in [2.75, 3.05) is 13.2 Å². The lowest BCUT2D eigenvalue weighted by Gasteiger charge is -2.32. The summed E-state index contributed by atoms with van der Waals surface area (Å²) >= 11 is 0. The highest BCUT2D eigenvalue weighted by Crippen LogP contribution is 2.44. The molecule has 1 saturated heterocycles. The molecule has 1 fully saturated rings. The Morgan fingerprint density at radius 3 is 2.10 bits per heavy atom. The quantitative estimate of drug-likeness (QED) is 0.270. The topological polar surface area (TPSA) is 73.9 Å². The van der Waals surface area contributed by atoms with Gasteiger partial charge in [-0.15, -0.1) is 0 Å².